The van der Waals surface area contributed by atoms with E-state index < -0.39 is 0 Å². The van der Waals surface area contributed by atoms with E-state index >= 15 is 0 Å². The number of rotatable bonds is 4. The maximum atomic E-state index is 3.77. The van der Waals surface area contributed by atoms with Crippen LogP contribution in [0.2, 0.25) is 0 Å². The molecule has 0 aromatic rings. The Morgan fingerprint density at radius 1 is 1.56 bits per heavy atom. The molecule has 0 nitrogen and oxygen atoms in total. The third-order valence-electron chi connectivity index (χ3n) is 1.51. The standard InChI is InChI=1S/C8H15Br/c1-4-8(2,3)6-5-7-9/h4H,1,5-7H2,2-3H3. The zero-order valence-corrected chi connectivity index (χ0v) is 7.87. The lowest BCUT2D eigenvalue weighted by atomic mass is 9.89. The van der Waals surface area contributed by atoms with Gasteiger partial charge in [0, 0.05) is 5.33 Å². The lowest BCUT2D eigenvalue weighted by molar-refractivity contribution is 0.435. The minimum atomic E-state index is 0.327. The number of allylic oxidation sites excluding steroid dienone is 1. The predicted molar refractivity (Wildman–Crippen MR) is 47.0 cm³/mol. The minimum absolute atomic E-state index is 0.327. The molecule has 1 heteroatoms. The fraction of sp³-hybridized carbons (Fsp3) is 0.750. The van der Waals surface area contributed by atoms with Crippen LogP contribution < -0.4 is 0 Å². The van der Waals surface area contributed by atoms with Crippen LogP contribution in [0.25, 0.3) is 0 Å². The summed E-state index contributed by atoms with van der Waals surface area (Å²) in [5.41, 5.74) is 0.327. The molecule has 9 heavy (non-hydrogen) atoms. The zero-order chi connectivity index (χ0) is 7.33. The summed E-state index contributed by atoms with van der Waals surface area (Å²) in [4.78, 5) is 0. The van der Waals surface area contributed by atoms with Crippen LogP contribution in [0.3, 0.4) is 0 Å². The average Bonchev–Trinajstić information content (AvgIpc) is 1.84. The van der Waals surface area contributed by atoms with E-state index in [2.05, 4.69) is 36.4 Å². The molecule has 0 bridgehead atoms. The Bertz CT molecular complexity index is 84.6. The highest BCUT2D eigenvalue weighted by Crippen LogP contribution is 2.23. The second-order valence-corrected chi connectivity index (χ2v) is 3.78. The topological polar surface area (TPSA) is 0 Å². The minimum Gasteiger partial charge on any atom is -0.103 e. The summed E-state index contributed by atoms with van der Waals surface area (Å²) >= 11 is 3.40. The fourth-order valence-corrected chi connectivity index (χ4v) is 0.905. The van der Waals surface area contributed by atoms with Gasteiger partial charge in [-0.3, -0.25) is 0 Å². The molecule has 0 spiro atoms. The number of hydrogen-bond donors (Lipinski definition) is 0. The van der Waals surface area contributed by atoms with Crippen LogP contribution in [0.1, 0.15) is 26.7 Å². The molecule has 0 rings (SSSR count). The first-order valence-corrected chi connectivity index (χ1v) is 4.44. The van der Waals surface area contributed by atoms with Crippen LogP contribution >= 0.6 is 15.9 Å². The molecular weight excluding hydrogens is 176 g/mol. The summed E-state index contributed by atoms with van der Waals surface area (Å²) < 4.78 is 0. The van der Waals surface area contributed by atoms with E-state index in [1.165, 1.54) is 12.8 Å². The third kappa shape index (κ3) is 4.71. The Morgan fingerprint density at radius 2 is 2.11 bits per heavy atom. The summed E-state index contributed by atoms with van der Waals surface area (Å²) in [6.07, 6.45) is 4.48. The van der Waals surface area contributed by atoms with Crippen LogP contribution in [0.4, 0.5) is 0 Å². The second-order valence-electron chi connectivity index (χ2n) is 2.99. The van der Waals surface area contributed by atoms with Gasteiger partial charge in [-0.1, -0.05) is 35.9 Å². The van der Waals surface area contributed by atoms with Crippen LogP contribution in [-0.2, 0) is 0 Å². The molecule has 0 amide bonds. The maximum Gasteiger partial charge on any atom is 0.00316 e. The molecule has 0 radical (unpaired) electrons. The summed E-state index contributed by atoms with van der Waals surface area (Å²) in [5, 5.41) is 1.10. The number of halogens is 1. The van der Waals surface area contributed by atoms with E-state index in [4.69, 9.17) is 0 Å². The fourth-order valence-electron chi connectivity index (χ4n) is 0.624. The largest absolute Gasteiger partial charge is 0.103 e. The lowest BCUT2D eigenvalue weighted by Gasteiger charge is -2.17. The van der Waals surface area contributed by atoms with E-state index in [1.807, 2.05) is 6.08 Å². The summed E-state index contributed by atoms with van der Waals surface area (Å²) in [7, 11) is 0. The van der Waals surface area contributed by atoms with E-state index in [0.717, 1.165) is 5.33 Å². The number of hydrogen-bond acceptors (Lipinski definition) is 0. The Kier molecular flexibility index (Phi) is 4.20. The normalized spacial score (nSPS) is 11.4. The highest BCUT2D eigenvalue weighted by atomic mass is 79.9. The smallest absolute Gasteiger partial charge is 0.00316 e. The van der Waals surface area contributed by atoms with Gasteiger partial charge in [0.05, 0.1) is 0 Å². The zero-order valence-electron chi connectivity index (χ0n) is 6.28. The first-order chi connectivity index (χ1) is 4.12. The van der Waals surface area contributed by atoms with E-state index in [-0.39, 0.29) is 0 Å². The molecule has 0 aliphatic carbocycles. The summed E-state index contributed by atoms with van der Waals surface area (Å²) in [6, 6.07) is 0. The van der Waals surface area contributed by atoms with Gasteiger partial charge in [-0.05, 0) is 18.3 Å². The van der Waals surface area contributed by atoms with Crippen molar-refractivity contribution in [3.05, 3.63) is 12.7 Å². The average molecular weight is 191 g/mol. The first kappa shape index (κ1) is 9.22. The molecule has 0 aromatic heterocycles. The van der Waals surface area contributed by atoms with E-state index in [0.29, 0.717) is 5.41 Å². The van der Waals surface area contributed by atoms with Crippen LogP contribution in [0.5, 0.6) is 0 Å². The SMILES string of the molecule is C=CC(C)(C)CCCBr. The third-order valence-corrected chi connectivity index (χ3v) is 2.07. The van der Waals surface area contributed by atoms with Crippen molar-refractivity contribution in [2.75, 3.05) is 5.33 Å². The molecule has 0 aliphatic heterocycles. The monoisotopic (exact) mass is 190 g/mol. The summed E-state index contributed by atoms with van der Waals surface area (Å²) in [6.45, 7) is 8.19. The van der Waals surface area contributed by atoms with Crippen molar-refractivity contribution in [1.29, 1.82) is 0 Å². The quantitative estimate of drug-likeness (QED) is 0.472. The summed E-state index contributed by atoms with van der Waals surface area (Å²) in [5.74, 6) is 0. The van der Waals surface area contributed by atoms with Crippen molar-refractivity contribution < 1.29 is 0 Å². The molecule has 0 saturated carbocycles. The maximum absolute atomic E-state index is 3.77. The van der Waals surface area contributed by atoms with Gasteiger partial charge >= 0.3 is 0 Å². The molecule has 0 unspecified atom stereocenters. The van der Waals surface area contributed by atoms with Crippen LogP contribution in [-0.4, -0.2) is 5.33 Å². The van der Waals surface area contributed by atoms with Gasteiger partial charge in [0.15, 0.2) is 0 Å². The molecule has 0 atom stereocenters. The number of alkyl halides is 1. The molecular formula is C8H15Br. The van der Waals surface area contributed by atoms with E-state index in [1.54, 1.807) is 0 Å². The molecule has 0 aliphatic rings. The second kappa shape index (κ2) is 4.10. The van der Waals surface area contributed by atoms with Gasteiger partial charge in [0.2, 0.25) is 0 Å². The van der Waals surface area contributed by atoms with Crippen molar-refractivity contribution in [3.63, 3.8) is 0 Å². The van der Waals surface area contributed by atoms with Crippen molar-refractivity contribution in [3.8, 4) is 0 Å². The first-order valence-electron chi connectivity index (χ1n) is 3.32. The van der Waals surface area contributed by atoms with Gasteiger partial charge in [-0.15, -0.1) is 6.58 Å². The Hall–Kier alpha value is 0.220. The van der Waals surface area contributed by atoms with Crippen molar-refractivity contribution in [2.45, 2.75) is 26.7 Å². The molecule has 0 fully saturated rings. The van der Waals surface area contributed by atoms with Crippen molar-refractivity contribution in [2.24, 2.45) is 5.41 Å². The van der Waals surface area contributed by atoms with Gasteiger partial charge in [-0.2, -0.15) is 0 Å². The lowest BCUT2D eigenvalue weighted by Crippen LogP contribution is -2.06. The van der Waals surface area contributed by atoms with Gasteiger partial charge in [0.1, 0.15) is 0 Å². The predicted octanol–water partition coefficient (Wildman–Crippen LogP) is 3.37. The Morgan fingerprint density at radius 3 is 2.44 bits per heavy atom. The van der Waals surface area contributed by atoms with Gasteiger partial charge in [-0.25, -0.2) is 0 Å². The highest BCUT2D eigenvalue weighted by Gasteiger charge is 2.10. The van der Waals surface area contributed by atoms with Crippen LogP contribution in [0, 0.1) is 5.41 Å². The molecule has 0 heterocycles. The molecule has 54 valence electrons. The molecule has 0 saturated heterocycles. The van der Waals surface area contributed by atoms with Gasteiger partial charge in [0.25, 0.3) is 0 Å². The highest BCUT2D eigenvalue weighted by molar-refractivity contribution is 9.09. The van der Waals surface area contributed by atoms with Crippen molar-refractivity contribution in [1.82, 2.24) is 0 Å². The molecule has 0 N–H and O–H groups in total. The molecule has 0 aromatic carbocycles. The Balaban J connectivity index is 3.45. The van der Waals surface area contributed by atoms with Crippen LogP contribution in [0.15, 0.2) is 12.7 Å². The Labute approximate surface area is 66.5 Å². The van der Waals surface area contributed by atoms with Crippen molar-refractivity contribution >= 4 is 15.9 Å². The van der Waals surface area contributed by atoms with Gasteiger partial charge < -0.3 is 0 Å². The van der Waals surface area contributed by atoms with E-state index in [9.17, 15) is 0 Å².